The van der Waals surface area contributed by atoms with Gasteiger partial charge in [0.1, 0.15) is 6.04 Å². The summed E-state index contributed by atoms with van der Waals surface area (Å²) in [6, 6.07) is -1.98. The smallest absolute Gasteiger partial charge is 0.326 e. The van der Waals surface area contributed by atoms with E-state index >= 15 is 0 Å². The lowest BCUT2D eigenvalue weighted by Crippen LogP contribution is -2.43. The van der Waals surface area contributed by atoms with Crippen molar-refractivity contribution in [3.63, 3.8) is 0 Å². The number of urea groups is 1. The number of carboxylic acid groups (broad SMARTS) is 2. The number of hydrogen-bond donors (Lipinski definition) is 4. The highest BCUT2D eigenvalue weighted by atomic mass is 32.1. The van der Waals surface area contributed by atoms with Crippen LogP contribution in [-0.2, 0) is 9.59 Å². The quantitative estimate of drug-likeness (QED) is 0.615. The second kappa shape index (κ2) is 6.69. The summed E-state index contributed by atoms with van der Waals surface area (Å²) in [5, 5.41) is 24.0. The molecule has 9 heteroatoms. The van der Waals surface area contributed by atoms with Gasteiger partial charge in [0.25, 0.3) is 0 Å². The van der Waals surface area contributed by atoms with Crippen LogP contribution < -0.4 is 10.6 Å². The van der Waals surface area contributed by atoms with Gasteiger partial charge in [0.15, 0.2) is 5.13 Å². The SMILES string of the molecule is Cc1csc(NC(=O)NC(CCC(=O)O)C(=O)O)n1. The molecule has 0 aliphatic carbocycles. The van der Waals surface area contributed by atoms with Crippen LogP contribution in [0, 0.1) is 6.92 Å². The minimum absolute atomic E-state index is 0.186. The lowest BCUT2D eigenvalue weighted by atomic mass is 10.1. The van der Waals surface area contributed by atoms with Gasteiger partial charge < -0.3 is 15.5 Å². The summed E-state index contributed by atoms with van der Waals surface area (Å²) in [4.78, 5) is 36.7. The van der Waals surface area contributed by atoms with Crippen LogP contribution in [0.2, 0.25) is 0 Å². The molecule has 0 saturated carbocycles. The number of hydrogen-bond acceptors (Lipinski definition) is 5. The van der Waals surface area contributed by atoms with E-state index in [1.807, 2.05) is 0 Å². The lowest BCUT2D eigenvalue weighted by molar-refractivity contribution is -0.140. The third-order valence-electron chi connectivity index (χ3n) is 2.09. The number of rotatable bonds is 6. The molecule has 0 aliphatic rings. The molecule has 1 aromatic rings. The number of carboxylic acids is 2. The monoisotopic (exact) mass is 287 g/mol. The molecule has 1 rings (SSSR count). The lowest BCUT2D eigenvalue weighted by Gasteiger charge is -2.13. The highest BCUT2D eigenvalue weighted by Gasteiger charge is 2.21. The predicted molar refractivity (Wildman–Crippen MR) is 67.3 cm³/mol. The van der Waals surface area contributed by atoms with E-state index in [0.29, 0.717) is 5.13 Å². The topological polar surface area (TPSA) is 129 Å². The summed E-state index contributed by atoms with van der Waals surface area (Å²) in [5.74, 6) is -2.41. The number of amides is 2. The number of carbonyl (C=O) groups is 3. The van der Waals surface area contributed by atoms with Gasteiger partial charge >= 0.3 is 18.0 Å². The van der Waals surface area contributed by atoms with Crippen LogP contribution in [-0.4, -0.2) is 39.2 Å². The Morgan fingerprint density at radius 1 is 1.42 bits per heavy atom. The van der Waals surface area contributed by atoms with Gasteiger partial charge in [0, 0.05) is 11.8 Å². The Morgan fingerprint density at radius 2 is 2.11 bits per heavy atom. The van der Waals surface area contributed by atoms with Crippen LogP contribution in [0.4, 0.5) is 9.93 Å². The Bertz CT molecular complexity index is 487. The van der Waals surface area contributed by atoms with E-state index in [1.54, 1.807) is 12.3 Å². The van der Waals surface area contributed by atoms with Crippen LogP contribution >= 0.6 is 11.3 Å². The first kappa shape index (κ1) is 14.9. The predicted octanol–water partition coefficient (Wildman–Crippen LogP) is 0.891. The molecule has 0 aromatic carbocycles. The minimum Gasteiger partial charge on any atom is -0.481 e. The van der Waals surface area contributed by atoms with Crippen molar-refractivity contribution in [3.8, 4) is 0 Å². The molecule has 104 valence electrons. The molecule has 19 heavy (non-hydrogen) atoms. The van der Waals surface area contributed by atoms with E-state index in [9.17, 15) is 14.4 Å². The summed E-state index contributed by atoms with van der Waals surface area (Å²) in [5.41, 5.74) is 0.737. The second-order valence-electron chi connectivity index (χ2n) is 3.72. The highest BCUT2D eigenvalue weighted by Crippen LogP contribution is 2.14. The number of thiazole rings is 1. The van der Waals surface area contributed by atoms with Gasteiger partial charge in [-0.05, 0) is 13.3 Å². The minimum atomic E-state index is -1.29. The Balaban J connectivity index is 2.51. The zero-order chi connectivity index (χ0) is 14.4. The van der Waals surface area contributed by atoms with Crippen LogP contribution in [0.3, 0.4) is 0 Å². The molecule has 1 heterocycles. The summed E-state index contributed by atoms with van der Waals surface area (Å²) in [6.45, 7) is 1.76. The summed E-state index contributed by atoms with van der Waals surface area (Å²) in [6.07, 6.45) is -0.525. The van der Waals surface area contributed by atoms with E-state index in [4.69, 9.17) is 10.2 Å². The number of aromatic nitrogens is 1. The largest absolute Gasteiger partial charge is 0.481 e. The van der Waals surface area contributed by atoms with Crippen LogP contribution in [0.25, 0.3) is 0 Å². The molecule has 8 nitrogen and oxygen atoms in total. The Kier molecular flexibility index (Phi) is 5.24. The molecule has 0 saturated heterocycles. The molecule has 1 atom stereocenters. The number of nitrogens with one attached hydrogen (secondary N) is 2. The molecule has 1 unspecified atom stereocenters. The summed E-state index contributed by atoms with van der Waals surface area (Å²) in [7, 11) is 0. The molecule has 4 N–H and O–H groups in total. The number of anilines is 1. The zero-order valence-electron chi connectivity index (χ0n) is 10.0. The van der Waals surface area contributed by atoms with Crippen molar-refractivity contribution in [2.24, 2.45) is 0 Å². The van der Waals surface area contributed by atoms with Crippen molar-refractivity contribution in [2.45, 2.75) is 25.8 Å². The van der Waals surface area contributed by atoms with E-state index in [0.717, 1.165) is 5.69 Å². The first-order valence-electron chi connectivity index (χ1n) is 5.32. The van der Waals surface area contributed by atoms with Crippen molar-refractivity contribution in [2.75, 3.05) is 5.32 Å². The fourth-order valence-electron chi connectivity index (χ4n) is 1.23. The second-order valence-corrected chi connectivity index (χ2v) is 4.57. The Morgan fingerprint density at radius 3 is 2.58 bits per heavy atom. The maximum Gasteiger partial charge on any atom is 0.326 e. The fourth-order valence-corrected chi connectivity index (χ4v) is 1.91. The third-order valence-corrected chi connectivity index (χ3v) is 2.97. The van der Waals surface area contributed by atoms with Gasteiger partial charge in [-0.1, -0.05) is 0 Å². The Labute approximate surface area is 112 Å². The highest BCUT2D eigenvalue weighted by molar-refractivity contribution is 7.13. The maximum absolute atomic E-state index is 11.5. The third kappa shape index (κ3) is 5.34. The van der Waals surface area contributed by atoms with Gasteiger partial charge in [-0.3, -0.25) is 10.1 Å². The van der Waals surface area contributed by atoms with Gasteiger partial charge in [0.05, 0.1) is 5.69 Å². The summed E-state index contributed by atoms with van der Waals surface area (Å²) >= 11 is 1.21. The van der Waals surface area contributed by atoms with Gasteiger partial charge in [-0.25, -0.2) is 14.6 Å². The molecule has 0 bridgehead atoms. The zero-order valence-corrected chi connectivity index (χ0v) is 10.9. The number of aliphatic carboxylic acids is 2. The molecule has 1 aromatic heterocycles. The van der Waals surface area contributed by atoms with Crippen LogP contribution in [0.15, 0.2) is 5.38 Å². The van der Waals surface area contributed by atoms with E-state index in [-0.39, 0.29) is 12.8 Å². The normalized spacial score (nSPS) is 11.6. The van der Waals surface area contributed by atoms with E-state index < -0.39 is 24.0 Å². The average molecular weight is 287 g/mol. The Hall–Kier alpha value is -2.16. The molecular weight excluding hydrogens is 274 g/mol. The molecule has 2 amide bonds. The van der Waals surface area contributed by atoms with Crippen molar-refractivity contribution in [1.82, 2.24) is 10.3 Å². The van der Waals surface area contributed by atoms with Crippen molar-refractivity contribution in [3.05, 3.63) is 11.1 Å². The van der Waals surface area contributed by atoms with Crippen LogP contribution in [0.1, 0.15) is 18.5 Å². The standard InChI is InChI=1S/C10H13N3O5S/c1-5-4-19-10(11-5)13-9(18)12-6(8(16)17)2-3-7(14)15/h4,6H,2-3H2,1H3,(H,14,15)(H,16,17)(H2,11,12,13,18). The molecule has 0 radical (unpaired) electrons. The van der Waals surface area contributed by atoms with E-state index in [2.05, 4.69) is 15.6 Å². The molecule has 0 aliphatic heterocycles. The van der Waals surface area contributed by atoms with Crippen molar-refractivity contribution in [1.29, 1.82) is 0 Å². The number of aryl methyl sites for hydroxylation is 1. The first-order valence-corrected chi connectivity index (χ1v) is 6.20. The maximum atomic E-state index is 11.5. The molecule has 0 spiro atoms. The van der Waals surface area contributed by atoms with Crippen LogP contribution in [0.5, 0.6) is 0 Å². The van der Waals surface area contributed by atoms with Crippen molar-refractivity contribution < 1.29 is 24.6 Å². The first-order chi connectivity index (χ1) is 8.88. The number of nitrogens with zero attached hydrogens (tertiary/aromatic N) is 1. The van der Waals surface area contributed by atoms with Crippen molar-refractivity contribution >= 4 is 34.4 Å². The van der Waals surface area contributed by atoms with Gasteiger partial charge in [-0.15, -0.1) is 11.3 Å². The molecular formula is C10H13N3O5S. The molecule has 0 fully saturated rings. The van der Waals surface area contributed by atoms with Gasteiger partial charge in [-0.2, -0.15) is 0 Å². The number of carbonyl (C=O) groups excluding carboxylic acids is 1. The fraction of sp³-hybridized carbons (Fsp3) is 0.400. The summed E-state index contributed by atoms with van der Waals surface area (Å²) < 4.78 is 0. The van der Waals surface area contributed by atoms with Gasteiger partial charge in [0.2, 0.25) is 0 Å². The average Bonchev–Trinajstić information content (AvgIpc) is 2.69. The van der Waals surface area contributed by atoms with E-state index in [1.165, 1.54) is 11.3 Å².